The zero-order chi connectivity index (χ0) is 13.6. The van der Waals surface area contributed by atoms with Crippen molar-refractivity contribution in [1.82, 2.24) is 15.5 Å². The van der Waals surface area contributed by atoms with Crippen LogP contribution in [-0.2, 0) is 13.0 Å². The molecule has 0 bridgehead atoms. The summed E-state index contributed by atoms with van der Waals surface area (Å²) >= 11 is 0. The van der Waals surface area contributed by atoms with E-state index in [-0.39, 0.29) is 0 Å². The molecular formula is C16H17N3O. The summed E-state index contributed by atoms with van der Waals surface area (Å²) in [6.07, 6.45) is 4.48. The smallest absolute Gasteiger partial charge is 0.105 e. The maximum Gasteiger partial charge on any atom is 0.105 e. The number of benzene rings is 1. The predicted octanol–water partition coefficient (Wildman–Crippen LogP) is 3.00. The van der Waals surface area contributed by atoms with Crippen LogP contribution in [0, 0.1) is 0 Å². The molecule has 2 heterocycles. The molecule has 0 unspecified atom stereocenters. The maximum atomic E-state index is 5.31. The van der Waals surface area contributed by atoms with Crippen LogP contribution in [0.1, 0.15) is 11.3 Å². The van der Waals surface area contributed by atoms with Gasteiger partial charge in [0.2, 0.25) is 0 Å². The topological polar surface area (TPSA) is 53.9 Å². The molecule has 0 saturated heterocycles. The third-order valence-corrected chi connectivity index (χ3v) is 3.22. The summed E-state index contributed by atoms with van der Waals surface area (Å²) in [5.74, 6) is 1.01. The average Bonchev–Trinajstić information content (AvgIpc) is 3.16. The molecule has 0 aliphatic rings. The first-order chi connectivity index (χ1) is 9.93. The Labute approximate surface area is 117 Å². The molecule has 2 N–H and O–H groups in total. The minimum atomic E-state index is 0.793. The average molecular weight is 267 g/mol. The molecule has 1 aromatic carbocycles. The third kappa shape index (κ3) is 2.97. The number of hydrogen-bond acceptors (Lipinski definition) is 3. The van der Waals surface area contributed by atoms with Crippen molar-refractivity contribution >= 4 is 0 Å². The highest BCUT2D eigenvalue weighted by molar-refractivity contribution is 5.62. The van der Waals surface area contributed by atoms with Crippen molar-refractivity contribution in [2.24, 2.45) is 0 Å². The Morgan fingerprint density at radius 1 is 1.10 bits per heavy atom. The van der Waals surface area contributed by atoms with Crippen molar-refractivity contribution in [1.29, 1.82) is 0 Å². The van der Waals surface area contributed by atoms with E-state index in [1.807, 2.05) is 36.5 Å². The van der Waals surface area contributed by atoms with Crippen molar-refractivity contribution in [3.05, 3.63) is 66.2 Å². The maximum absolute atomic E-state index is 5.31. The van der Waals surface area contributed by atoms with Crippen molar-refractivity contribution < 1.29 is 4.42 Å². The zero-order valence-corrected chi connectivity index (χ0v) is 11.2. The van der Waals surface area contributed by atoms with Gasteiger partial charge in [0.25, 0.3) is 0 Å². The third-order valence-electron chi connectivity index (χ3n) is 3.22. The van der Waals surface area contributed by atoms with E-state index in [0.29, 0.717) is 0 Å². The van der Waals surface area contributed by atoms with E-state index < -0.39 is 0 Å². The van der Waals surface area contributed by atoms with E-state index in [9.17, 15) is 0 Å². The van der Waals surface area contributed by atoms with Crippen LogP contribution >= 0.6 is 0 Å². The molecule has 0 amide bonds. The Morgan fingerprint density at radius 2 is 2.00 bits per heavy atom. The number of H-pyrrole nitrogens is 1. The van der Waals surface area contributed by atoms with Crippen LogP contribution < -0.4 is 5.32 Å². The molecule has 2 aromatic heterocycles. The molecule has 0 spiro atoms. The fourth-order valence-corrected chi connectivity index (χ4v) is 2.19. The van der Waals surface area contributed by atoms with E-state index >= 15 is 0 Å². The summed E-state index contributed by atoms with van der Waals surface area (Å²) in [6.45, 7) is 1.67. The summed E-state index contributed by atoms with van der Waals surface area (Å²) in [7, 11) is 0. The van der Waals surface area contributed by atoms with Crippen LogP contribution in [0.25, 0.3) is 11.3 Å². The van der Waals surface area contributed by atoms with Gasteiger partial charge in [0, 0.05) is 25.1 Å². The number of nitrogens with one attached hydrogen (secondary N) is 2. The predicted molar refractivity (Wildman–Crippen MR) is 78.1 cm³/mol. The highest BCUT2D eigenvalue weighted by Gasteiger charge is 2.06. The molecule has 0 aliphatic carbocycles. The van der Waals surface area contributed by atoms with Gasteiger partial charge >= 0.3 is 0 Å². The molecule has 102 valence electrons. The number of rotatable bonds is 6. The molecule has 20 heavy (non-hydrogen) atoms. The van der Waals surface area contributed by atoms with Gasteiger partial charge in [-0.25, -0.2) is 0 Å². The number of hydrogen-bond donors (Lipinski definition) is 2. The summed E-state index contributed by atoms with van der Waals surface area (Å²) in [4.78, 5) is 0. The minimum Gasteiger partial charge on any atom is -0.469 e. The zero-order valence-electron chi connectivity index (χ0n) is 11.2. The lowest BCUT2D eigenvalue weighted by Crippen LogP contribution is -2.16. The second-order valence-corrected chi connectivity index (χ2v) is 4.64. The number of aromatic nitrogens is 2. The van der Waals surface area contributed by atoms with Crippen LogP contribution in [0.2, 0.25) is 0 Å². The molecule has 0 fully saturated rings. The van der Waals surface area contributed by atoms with E-state index in [1.54, 1.807) is 6.26 Å². The van der Waals surface area contributed by atoms with Crippen molar-refractivity contribution in [2.75, 3.05) is 6.54 Å². The SMILES string of the molecule is c1ccc(-c2[nH]ncc2CNCCc2ccco2)cc1. The molecule has 0 atom stereocenters. The number of furan rings is 1. The normalized spacial score (nSPS) is 10.8. The Balaban J connectivity index is 1.57. The van der Waals surface area contributed by atoms with Gasteiger partial charge in [0.1, 0.15) is 5.76 Å². The van der Waals surface area contributed by atoms with Crippen molar-refractivity contribution in [3.63, 3.8) is 0 Å². The van der Waals surface area contributed by atoms with Gasteiger partial charge in [-0.2, -0.15) is 5.10 Å². The standard InChI is InChI=1S/C16H17N3O/c1-2-5-13(6-3-1)16-14(12-18-19-16)11-17-9-8-15-7-4-10-20-15/h1-7,10,12,17H,8-9,11H2,(H,18,19). The first-order valence-electron chi connectivity index (χ1n) is 6.74. The van der Waals surface area contributed by atoms with E-state index in [0.717, 1.165) is 36.5 Å². The monoisotopic (exact) mass is 267 g/mol. The van der Waals surface area contributed by atoms with Crippen molar-refractivity contribution in [3.8, 4) is 11.3 Å². The molecular weight excluding hydrogens is 250 g/mol. The fraction of sp³-hybridized carbons (Fsp3) is 0.188. The molecule has 4 heteroatoms. The van der Waals surface area contributed by atoms with Gasteiger partial charge in [-0.1, -0.05) is 30.3 Å². The number of aromatic amines is 1. The van der Waals surface area contributed by atoms with Crippen LogP contribution in [0.5, 0.6) is 0 Å². The van der Waals surface area contributed by atoms with Crippen LogP contribution in [0.4, 0.5) is 0 Å². The second-order valence-electron chi connectivity index (χ2n) is 4.64. The summed E-state index contributed by atoms with van der Waals surface area (Å²) in [6, 6.07) is 14.2. The lowest BCUT2D eigenvalue weighted by molar-refractivity contribution is 0.499. The first kappa shape index (κ1) is 12.7. The van der Waals surface area contributed by atoms with E-state index in [4.69, 9.17) is 4.42 Å². The highest BCUT2D eigenvalue weighted by Crippen LogP contribution is 2.20. The first-order valence-corrected chi connectivity index (χ1v) is 6.74. The second kappa shape index (κ2) is 6.21. The van der Waals surface area contributed by atoms with Crippen LogP contribution in [0.15, 0.2) is 59.3 Å². The molecule has 0 saturated carbocycles. The molecule has 0 radical (unpaired) electrons. The summed E-state index contributed by atoms with van der Waals surface area (Å²) < 4.78 is 5.31. The number of nitrogens with zero attached hydrogens (tertiary/aromatic N) is 1. The Kier molecular flexibility index (Phi) is 3.94. The lowest BCUT2D eigenvalue weighted by atomic mass is 10.1. The summed E-state index contributed by atoms with van der Waals surface area (Å²) in [5, 5.41) is 10.6. The Hall–Kier alpha value is -2.33. The molecule has 0 aliphatic heterocycles. The molecule has 3 aromatic rings. The van der Waals surface area contributed by atoms with Gasteiger partial charge in [-0.05, 0) is 17.7 Å². The van der Waals surface area contributed by atoms with Gasteiger partial charge in [0.05, 0.1) is 18.2 Å². The van der Waals surface area contributed by atoms with Crippen molar-refractivity contribution in [2.45, 2.75) is 13.0 Å². The van der Waals surface area contributed by atoms with Gasteiger partial charge in [0.15, 0.2) is 0 Å². The van der Waals surface area contributed by atoms with Gasteiger partial charge in [-0.15, -0.1) is 0 Å². The molecule has 3 rings (SSSR count). The van der Waals surface area contributed by atoms with Crippen LogP contribution in [-0.4, -0.2) is 16.7 Å². The summed E-state index contributed by atoms with van der Waals surface area (Å²) in [5.41, 5.74) is 3.42. The van der Waals surface area contributed by atoms with E-state index in [1.165, 1.54) is 5.56 Å². The quantitative estimate of drug-likeness (QED) is 0.675. The minimum absolute atomic E-state index is 0.793. The van der Waals surface area contributed by atoms with Crippen LogP contribution in [0.3, 0.4) is 0 Å². The Bertz CT molecular complexity index is 629. The largest absolute Gasteiger partial charge is 0.469 e. The van der Waals surface area contributed by atoms with E-state index in [2.05, 4.69) is 27.6 Å². The van der Waals surface area contributed by atoms with Gasteiger partial charge < -0.3 is 9.73 Å². The van der Waals surface area contributed by atoms with Gasteiger partial charge in [-0.3, -0.25) is 5.10 Å². The fourth-order valence-electron chi connectivity index (χ4n) is 2.19. The molecule has 4 nitrogen and oxygen atoms in total. The Morgan fingerprint density at radius 3 is 2.80 bits per heavy atom. The lowest BCUT2D eigenvalue weighted by Gasteiger charge is -2.05. The highest BCUT2D eigenvalue weighted by atomic mass is 16.3.